The van der Waals surface area contributed by atoms with E-state index in [9.17, 15) is 9.90 Å². The van der Waals surface area contributed by atoms with E-state index in [2.05, 4.69) is 54.0 Å². The molecule has 0 spiro atoms. The molecule has 4 nitrogen and oxygen atoms in total. The molecule has 3 N–H and O–H groups in total. The van der Waals surface area contributed by atoms with Crippen LogP contribution in [0.2, 0.25) is 0 Å². The van der Waals surface area contributed by atoms with Gasteiger partial charge in [0.1, 0.15) is 0 Å². The van der Waals surface area contributed by atoms with E-state index in [0.29, 0.717) is 24.5 Å². The van der Waals surface area contributed by atoms with Gasteiger partial charge >= 0.3 is 5.97 Å². The first-order chi connectivity index (χ1) is 12.9. The number of aliphatic carboxylic acids is 1. The zero-order valence-electron chi connectivity index (χ0n) is 17.7. The second-order valence-electron chi connectivity index (χ2n) is 8.94. The number of benzene rings is 1. The lowest BCUT2D eigenvalue weighted by Crippen LogP contribution is -2.49. The monoisotopic (exact) mass is 442 g/mol. The van der Waals surface area contributed by atoms with Crippen molar-refractivity contribution in [3.63, 3.8) is 0 Å². The van der Waals surface area contributed by atoms with Gasteiger partial charge in [-0.25, -0.2) is 0 Å². The van der Waals surface area contributed by atoms with Crippen molar-refractivity contribution in [2.75, 3.05) is 13.1 Å². The molecule has 164 valence electrons. The van der Waals surface area contributed by atoms with Crippen molar-refractivity contribution in [2.24, 2.45) is 17.3 Å². The third kappa shape index (κ3) is 7.29. The van der Waals surface area contributed by atoms with Gasteiger partial charge in [0.2, 0.25) is 0 Å². The summed E-state index contributed by atoms with van der Waals surface area (Å²) in [7, 11) is 0. The molecule has 0 aliphatic heterocycles. The first kappa shape index (κ1) is 26.0. The fourth-order valence-electron chi connectivity index (χ4n) is 3.93. The number of hydrogen-bond donors (Lipinski definition) is 3. The summed E-state index contributed by atoms with van der Waals surface area (Å²) in [5.41, 5.74) is 2.17. The molecular formula is C23H36Cl2N2O2. The van der Waals surface area contributed by atoms with E-state index in [4.69, 9.17) is 0 Å². The van der Waals surface area contributed by atoms with Crippen molar-refractivity contribution in [3.05, 3.63) is 41.5 Å². The first-order valence-electron chi connectivity index (χ1n) is 10.3. The van der Waals surface area contributed by atoms with Gasteiger partial charge in [-0.15, -0.1) is 24.8 Å². The molecule has 0 amide bonds. The molecule has 6 heteroatoms. The van der Waals surface area contributed by atoms with Gasteiger partial charge in [-0.1, -0.05) is 48.9 Å². The number of rotatable bonds is 10. The number of carbonyl (C=O) groups is 1. The molecule has 2 aliphatic carbocycles. The summed E-state index contributed by atoms with van der Waals surface area (Å²) < 4.78 is 0. The van der Waals surface area contributed by atoms with Crippen molar-refractivity contribution in [1.29, 1.82) is 0 Å². The lowest BCUT2D eigenvalue weighted by molar-refractivity contribution is -0.146. The molecule has 0 aromatic heterocycles. The minimum Gasteiger partial charge on any atom is -0.481 e. The second-order valence-corrected chi connectivity index (χ2v) is 8.94. The summed E-state index contributed by atoms with van der Waals surface area (Å²) in [5, 5.41) is 16.4. The van der Waals surface area contributed by atoms with Crippen molar-refractivity contribution < 1.29 is 9.90 Å². The second kappa shape index (κ2) is 11.4. The fourth-order valence-corrected chi connectivity index (χ4v) is 3.93. The van der Waals surface area contributed by atoms with Gasteiger partial charge < -0.3 is 15.7 Å². The van der Waals surface area contributed by atoms with Crippen molar-refractivity contribution >= 4 is 36.9 Å². The SMILES string of the molecule is CC/C(=C\c1ccccc1)[C@@H]1C[C@H]1NC[C@H]1C[C@H](NCC(C)(C)C(=O)O)C1.Cl.Cl. The quantitative estimate of drug-likeness (QED) is 0.487. The fraction of sp³-hybridized carbons (Fsp3) is 0.609. The maximum absolute atomic E-state index is 11.2. The standard InChI is InChI=1S/C23H34N2O2.2ClH/c1-4-18(10-16-8-6-5-7-9-16)20-13-21(20)24-14-17-11-19(12-17)25-15-23(2,3)22(26)27;;/h5-10,17,19-21,24-25H,4,11-15H2,1-3H3,(H,26,27);2*1H/b18-10+;;/t17-,19-,20-,21+;;/m0../s1. The van der Waals surface area contributed by atoms with E-state index in [1.165, 1.54) is 12.0 Å². The lowest BCUT2D eigenvalue weighted by Gasteiger charge is -2.37. The molecule has 2 fully saturated rings. The number of hydrogen-bond acceptors (Lipinski definition) is 3. The molecule has 2 aliphatic rings. The summed E-state index contributed by atoms with van der Waals surface area (Å²) in [4.78, 5) is 11.2. The molecule has 0 unspecified atom stereocenters. The zero-order valence-corrected chi connectivity index (χ0v) is 19.3. The highest BCUT2D eigenvalue weighted by molar-refractivity contribution is 5.85. The van der Waals surface area contributed by atoms with Gasteiger partial charge in [0.05, 0.1) is 5.41 Å². The average Bonchev–Trinajstić information content (AvgIpc) is 3.38. The summed E-state index contributed by atoms with van der Waals surface area (Å²) >= 11 is 0. The maximum atomic E-state index is 11.2. The number of halogens is 2. The summed E-state index contributed by atoms with van der Waals surface area (Å²) in [6.45, 7) is 7.44. The van der Waals surface area contributed by atoms with Crippen LogP contribution in [0.1, 0.15) is 52.0 Å². The molecule has 0 radical (unpaired) electrons. The molecule has 1 aromatic rings. The van der Waals surface area contributed by atoms with Crippen LogP contribution in [0.5, 0.6) is 0 Å². The van der Waals surface area contributed by atoms with Crippen LogP contribution in [0, 0.1) is 17.3 Å². The van der Waals surface area contributed by atoms with Crippen LogP contribution in [0.4, 0.5) is 0 Å². The number of nitrogens with one attached hydrogen (secondary N) is 2. The zero-order chi connectivity index (χ0) is 19.4. The average molecular weight is 443 g/mol. The highest BCUT2D eigenvalue weighted by Gasteiger charge is 2.40. The van der Waals surface area contributed by atoms with Crippen molar-refractivity contribution in [1.82, 2.24) is 10.6 Å². The lowest BCUT2D eigenvalue weighted by atomic mass is 9.79. The topological polar surface area (TPSA) is 61.4 Å². The van der Waals surface area contributed by atoms with Crippen LogP contribution in [-0.4, -0.2) is 36.2 Å². The van der Waals surface area contributed by atoms with E-state index in [0.717, 1.165) is 31.7 Å². The Morgan fingerprint density at radius 2 is 1.79 bits per heavy atom. The molecular weight excluding hydrogens is 407 g/mol. The Bertz CT molecular complexity index is 673. The molecule has 2 saturated carbocycles. The highest BCUT2D eigenvalue weighted by Crippen LogP contribution is 2.40. The van der Waals surface area contributed by atoms with E-state index < -0.39 is 11.4 Å². The molecule has 0 saturated heterocycles. The number of carboxylic acid groups (broad SMARTS) is 1. The van der Waals surface area contributed by atoms with Crippen molar-refractivity contribution in [3.8, 4) is 0 Å². The van der Waals surface area contributed by atoms with Gasteiger partial charge in [0.25, 0.3) is 0 Å². The van der Waals surface area contributed by atoms with E-state index >= 15 is 0 Å². The minimum atomic E-state index is -0.734. The van der Waals surface area contributed by atoms with Crippen LogP contribution in [0.15, 0.2) is 35.9 Å². The smallest absolute Gasteiger partial charge is 0.310 e. The van der Waals surface area contributed by atoms with Gasteiger partial charge in [-0.2, -0.15) is 0 Å². The Morgan fingerprint density at radius 3 is 2.38 bits per heavy atom. The largest absolute Gasteiger partial charge is 0.481 e. The summed E-state index contributed by atoms with van der Waals surface area (Å²) in [6.07, 6.45) is 7.04. The summed E-state index contributed by atoms with van der Waals surface area (Å²) in [5.74, 6) is 0.683. The maximum Gasteiger partial charge on any atom is 0.310 e. The normalized spacial score (nSPS) is 26.0. The third-order valence-electron chi connectivity index (χ3n) is 6.14. The third-order valence-corrected chi connectivity index (χ3v) is 6.14. The van der Waals surface area contributed by atoms with Gasteiger partial charge in [0, 0.05) is 18.6 Å². The molecule has 2 atom stereocenters. The Labute approximate surface area is 187 Å². The van der Waals surface area contributed by atoms with E-state index in [-0.39, 0.29) is 24.8 Å². The number of carboxylic acids is 1. The Hall–Kier alpha value is -1.07. The minimum absolute atomic E-state index is 0. The van der Waals surface area contributed by atoms with Crippen LogP contribution in [0.25, 0.3) is 6.08 Å². The Morgan fingerprint density at radius 1 is 1.14 bits per heavy atom. The van der Waals surface area contributed by atoms with Crippen molar-refractivity contribution in [2.45, 2.75) is 58.5 Å². The van der Waals surface area contributed by atoms with E-state index in [1.54, 1.807) is 19.4 Å². The van der Waals surface area contributed by atoms with Crippen LogP contribution in [-0.2, 0) is 4.79 Å². The molecule has 29 heavy (non-hydrogen) atoms. The molecule has 0 heterocycles. The van der Waals surface area contributed by atoms with E-state index in [1.807, 2.05) is 0 Å². The van der Waals surface area contributed by atoms with Gasteiger partial charge in [-0.05, 0) is 63.5 Å². The van der Waals surface area contributed by atoms with Gasteiger partial charge in [-0.3, -0.25) is 4.79 Å². The van der Waals surface area contributed by atoms with Crippen LogP contribution < -0.4 is 10.6 Å². The first-order valence-corrected chi connectivity index (χ1v) is 10.3. The molecule has 3 rings (SSSR count). The molecule has 0 bridgehead atoms. The predicted octanol–water partition coefficient (Wildman–Crippen LogP) is 4.78. The van der Waals surface area contributed by atoms with Crippen LogP contribution in [0.3, 0.4) is 0 Å². The molecule has 1 aromatic carbocycles. The Balaban J connectivity index is 0.00000210. The summed E-state index contributed by atoms with van der Waals surface area (Å²) in [6, 6.07) is 11.7. The van der Waals surface area contributed by atoms with Crippen LogP contribution >= 0.6 is 24.8 Å². The van der Waals surface area contributed by atoms with Gasteiger partial charge in [0.15, 0.2) is 0 Å². The Kier molecular flexibility index (Phi) is 10.2. The highest BCUT2D eigenvalue weighted by atomic mass is 35.5. The predicted molar refractivity (Wildman–Crippen MR) is 125 cm³/mol.